The van der Waals surface area contributed by atoms with Gasteiger partial charge in [-0.1, -0.05) is 0 Å². The Hall–Kier alpha value is -2.24. The summed E-state index contributed by atoms with van der Waals surface area (Å²) in [5.74, 6) is -1.16. The molecule has 6 nitrogen and oxygen atoms in total. The Morgan fingerprint density at radius 2 is 2.17 bits per heavy atom. The maximum absolute atomic E-state index is 11.8. The van der Waals surface area contributed by atoms with Crippen LogP contribution in [0.15, 0.2) is 18.2 Å². The van der Waals surface area contributed by atoms with Gasteiger partial charge < -0.3 is 20.9 Å². The van der Waals surface area contributed by atoms with Gasteiger partial charge in [0.05, 0.1) is 12.3 Å². The summed E-state index contributed by atoms with van der Waals surface area (Å²) in [7, 11) is 0. The first-order chi connectivity index (χ1) is 8.45. The van der Waals surface area contributed by atoms with Gasteiger partial charge >= 0.3 is 5.97 Å². The van der Waals surface area contributed by atoms with Gasteiger partial charge in [-0.05, 0) is 32.0 Å². The molecule has 0 aliphatic heterocycles. The van der Waals surface area contributed by atoms with Gasteiger partial charge in [-0.3, -0.25) is 4.79 Å². The predicted octanol–water partition coefficient (Wildman–Crippen LogP) is 0.656. The molecule has 1 atom stereocenters. The number of rotatable bonds is 4. The minimum absolute atomic E-state index is 0.175. The summed E-state index contributed by atoms with van der Waals surface area (Å²) in [6.45, 7) is 3.46. The van der Waals surface area contributed by atoms with Crippen LogP contribution >= 0.6 is 0 Å². The summed E-state index contributed by atoms with van der Waals surface area (Å²) in [5.41, 5.74) is 5.83. The molecule has 1 aromatic rings. The number of esters is 1. The summed E-state index contributed by atoms with van der Waals surface area (Å²) in [5, 5.41) is 11.8. The van der Waals surface area contributed by atoms with Crippen molar-refractivity contribution in [2.24, 2.45) is 0 Å². The van der Waals surface area contributed by atoms with Crippen LogP contribution in [0.2, 0.25) is 0 Å². The van der Waals surface area contributed by atoms with Crippen LogP contribution in [-0.2, 0) is 9.53 Å². The standard InChI is InChI=1S/C12H16N2O4/c1-3-18-12(17)7(2)14-11(16)8-4-5-9(13)10(15)6-8/h4-7,15H,3,13H2,1-2H3,(H,14,16). The average molecular weight is 252 g/mol. The Balaban J connectivity index is 2.70. The van der Waals surface area contributed by atoms with Crippen LogP contribution in [-0.4, -0.2) is 29.6 Å². The molecular weight excluding hydrogens is 236 g/mol. The zero-order chi connectivity index (χ0) is 13.7. The van der Waals surface area contributed by atoms with Gasteiger partial charge in [-0.2, -0.15) is 0 Å². The highest BCUT2D eigenvalue weighted by Gasteiger charge is 2.17. The van der Waals surface area contributed by atoms with E-state index in [0.29, 0.717) is 0 Å². The summed E-state index contributed by atoms with van der Waals surface area (Å²) in [6.07, 6.45) is 0. The fourth-order valence-corrected chi connectivity index (χ4v) is 1.29. The normalized spacial score (nSPS) is 11.7. The van der Waals surface area contributed by atoms with Crippen LogP contribution in [0.5, 0.6) is 5.75 Å². The number of carbonyl (C=O) groups excluding carboxylic acids is 2. The van der Waals surface area contributed by atoms with Crippen LogP contribution in [0.1, 0.15) is 24.2 Å². The number of nitrogen functional groups attached to an aromatic ring is 1. The number of hydrogen-bond donors (Lipinski definition) is 3. The van der Waals surface area contributed by atoms with E-state index >= 15 is 0 Å². The lowest BCUT2D eigenvalue weighted by molar-refractivity contribution is -0.144. The molecule has 6 heteroatoms. The molecule has 0 fully saturated rings. The molecule has 0 bridgehead atoms. The van der Waals surface area contributed by atoms with Crippen molar-refractivity contribution in [3.8, 4) is 5.75 Å². The summed E-state index contributed by atoms with van der Waals surface area (Å²) in [4.78, 5) is 23.1. The Morgan fingerprint density at radius 1 is 1.50 bits per heavy atom. The Bertz CT molecular complexity index is 459. The molecule has 18 heavy (non-hydrogen) atoms. The number of nitrogens with one attached hydrogen (secondary N) is 1. The molecule has 98 valence electrons. The molecule has 0 saturated carbocycles. The van der Waals surface area contributed by atoms with Crippen LogP contribution in [0.25, 0.3) is 0 Å². The highest BCUT2D eigenvalue weighted by atomic mass is 16.5. The van der Waals surface area contributed by atoms with E-state index in [1.165, 1.54) is 25.1 Å². The van der Waals surface area contributed by atoms with Crippen molar-refractivity contribution in [2.45, 2.75) is 19.9 Å². The molecular formula is C12H16N2O4. The number of anilines is 1. The minimum Gasteiger partial charge on any atom is -0.506 e. The van der Waals surface area contributed by atoms with Crippen molar-refractivity contribution in [3.05, 3.63) is 23.8 Å². The van der Waals surface area contributed by atoms with Crippen LogP contribution in [0, 0.1) is 0 Å². The van der Waals surface area contributed by atoms with E-state index in [1.54, 1.807) is 6.92 Å². The molecule has 1 rings (SSSR count). The highest BCUT2D eigenvalue weighted by Crippen LogP contribution is 2.20. The Morgan fingerprint density at radius 3 is 2.72 bits per heavy atom. The SMILES string of the molecule is CCOC(=O)C(C)NC(=O)c1ccc(N)c(O)c1. The summed E-state index contributed by atoms with van der Waals surface area (Å²) >= 11 is 0. The Kier molecular flexibility index (Phi) is 4.53. The molecule has 1 amide bonds. The van der Waals surface area contributed by atoms with Crippen molar-refractivity contribution in [2.75, 3.05) is 12.3 Å². The molecule has 1 unspecified atom stereocenters. The van der Waals surface area contributed by atoms with Gasteiger partial charge in [0.2, 0.25) is 0 Å². The fourth-order valence-electron chi connectivity index (χ4n) is 1.29. The fraction of sp³-hybridized carbons (Fsp3) is 0.333. The third kappa shape index (κ3) is 3.38. The van der Waals surface area contributed by atoms with Crippen molar-refractivity contribution in [3.63, 3.8) is 0 Å². The van der Waals surface area contributed by atoms with Gasteiger partial charge in [0, 0.05) is 5.56 Å². The second-order valence-electron chi connectivity index (χ2n) is 3.72. The molecule has 1 aromatic carbocycles. The first kappa shape index (κ1) is 13.8. The van der Waals surface area contributed by atoms with E-state index in [9.17, 15) is 14.7 Å². The summed E-state index contributed by atoms with van der Waals surface area (Å²) in [6, 6.07) is 3.36. The van der Waals surface area contributed by atoms with Crippen molar-refractivity contribution in [1.82, 2.24) is 5.32 Å². The second-order valence-corrected chi connectivity index (χ2v) is 3.72. The number of nitrogens with two attached hydrogens (primary N) is 1. The molecule has 0 spiro atoms. The zero-order valence-corrected chi connectivity index (χ0v) is 10.3. The van der Waals surface area contributed by atoms with E-state index < -0.39 is 17.9 Å². The van der Waals surface area contributed by atoms with Crippen molar-refractivity contribution < 1.29 is 19.4 Å². The lowest BCUT2D eigenvalue weighted by Crippen LogP contribution is -2.39. The average Bonchev–Trinajstić information content (AvgIpc) is 2.32. The lowest BCUT2D eigenvalue weighted by atomic mass is 10.1. The van der Waals surface area contributed by atoms with E-state index in [1.807, 2.05) is 0 Å². The molecule has 0 saturated heterocycles. The number of benzene rings is 1. The van der Waals surface area contributed by atoms with Gasteiger partial charge in [0.25, 0.3) is 5.91 Å². The van der Waals surface area contributed by atoms with Crippen LogP contribution in [0.4, 0.5) is 5.69 Å². The Labute approximate surface area is 105 Å². The first-order valence-electron chi connectivity index (χ1n) is 5.51. The van der Waals surface area contributed by atoms with Crippen molar-refractivity contribution in [1.29, 1.82) is 0 Å². The number of phenols is 1. The van der Waals surface area contributed by atoms with Crippen LogP contribution in [0.3, 0.4) is 0 Å². The largest absolute Gasteiger partial charge is 0.506 e. The topological polar surface area (TPSA) is 102 Å². The predicted molar refractivity (Wildman–Crippen MR) is 66.1 cm³/mol. The maximum Gasteiger partial charge on any atom is 0.328 e. The van der Waals surface area contributed by atoms with E-state index in [2.05, 4.69) is 5.32 Å². The van der Waals surface area contributed by atoms with Gasteiger partial charge in [0.15, 0.2) is 0 Å². The van der Waals surface area contributed by atoms with Crippen LogP contribution < -0.4 is 11.1 Å². The molecule has 4 N–H and O–H groups in total. The number of aromatic hydroxyl groups is 1. The highest BCUT2D eigenvalue weighted by molar-refractivity contribution is 5.97. The number of carbonyl (C=O) groups is 2. The second kappa shape index (κ2) is 5.90. The quantitative estimate of drug-likeness (QED) is 0.415. The number of hydrogen-bond acceptors (Lipinski definition) is 5. The molecule has 0 aliphatic rings. The molecule has 0 aliphatic carbocycles. The lowest BCUT2D eigenvalue weighted by Gasteiger charge is -2.12. The smallest absolute Gasteiger partial charge is 0.328 e. The number of ether oxygens (including phenoxy) is 1. The number of phenolic OH excluding ortho intramolecular Hbond substituents is 1. The maximum atomic E-state index is 11.8. The van der Waals surface area contributed by atoms with E-state index in [-0.39, 0.29) is 23.6 Å². The first-order valence-corrected chi connectivity index (χ1v) is 5.51. The monoisotopic (exact) mass is 252 g/mol. The molecule has 0 radical (unpaired) electrons. The number of amides is 1. The van der Waals surface area contributed by atoms with E-state index in [0.717, 1.165) is 0 Å². The zero-order valence-electron chi connectivity index (χ0n) is 10.3. The summed E-state index contributed by atoms with van der Waals surface area (Å²) < 4.78 is 4.76. The molecule has 0 heterocycles. The van der Waals surface area contributed by atoms with Gasteiger partial charge in [-0.15, -0.1) is 0 Å². The van der Waals surface area contributed by atoms with Gasteiger partial charge in [-0.25, -0.2) is 4.79 Å². The van der Waals surface area contributed by atoms with Crippen molar-refractivity contribution >= 4 is 17.6 Å². The molecule has 0 aromatic heterocycles. The van der Waals surface area contributed by atoms with Gasteiger partial charge in [0.1, 0.15) is 11.8 Å². The third-order valence-corrected chi connectivity index (χ3v) is 2.28. The third-order valence-electron chi connectivity index (χ3n) is 2.28. The van der Waals surface area contributed by atoms with E-state index in [4.69, 9.17) is 10.5 Å². The minimum atomic E-state index is -0.753.